The van der Waals surface area contributed by atoms with Crippen molar-refractivity contribution in [3.8, 4) is 17.2 Å². The zero-order valence-electron chi connectivity index (χ0n) is 10.2. The number of nitrogens with zero attached hydrogens (tertiary/aromatic N) is 1. The van der Waals surface area contributed by atoms with Gasteiger partial charge in [-0.3, -0.25) is 0 Å². The van der Waals surface area contributed by atoms with Crippen LogP contribution in [0.25, 0.3) is 11.1 Å². The van der Waals surface area contributed by atoms with Gasteiger partial charge in [-0.05, 0) is 35.4 Å². The van der Waals surface area contributed by atoms with Crippen molar-refractivity contribution in [2.75, 3.05) is 7.11 Å². The van der Waals surface area contributed by atoms with Crippen LogP contribution in [0.15, 0.2) is 42.5 Å². The highest BCUT2D eigenvalue weighted by Gasteiger charge is 2.06. The maximum absolute atomic E-state index is 11.3. The lowest BCUT2D eigenvalue weighted by atomic mass is 10.0. The van der Waals surface area contributed by atoms with Gasteiger partial charge in [0.05, 0.1) is 23.3 Å². The van der Waals surface area contributed by atoms with Crippen molar-refractivity contribution in [1.82, 2.24) is 0 Å². The third kappa shape index (κ3) is 2.75. The summed E-state index contributed by atoms with van der Waals surface area (Å²) in [4.78, 5) is 11.3. The number of halogens is 1. The molecule has 0 N–H and O–H groups in total. The molecule has 0 amide bonds. The Bertz CT molecular complexity index is 657. The Balaban J connectivity index is 2.35. The molecule has 2 aromatic carbocycles. The highest BCUT2D eigenvalue weighted by molar-refractivity contribution is 6.32. The number of esters is 1. The minimum atomic E-state index is -0.371. The predicted octanol–water partition coefficient (Wildman–Crippen LogP) is 3.67. The van der Waals surface area contributed by atoms with Crippen LogP contribution in [0.3, 0.4) is 0 Å². The van der Waals surface area contributed by atoms with E-state index in [-0.39, 0.29) is 5.97 Å². The molecule has 0 heterocycles. The van der Waals surface area contributed by atoms with Crippen molar-refractivity contribution in [2.45, 2.75) is 0 Å². The minimum Gasteiger partial charge on any atom is -0.465 e. The van der Waals surface area contributed by atoms with E-state index in [0.29, 0.717) is 16.1 Å². The highest BCUT2D eigenvalue weighted by Crippen LogP contribution is 2.25. The van der Waals surface area contributed by atoms with E-state index in [2.05, 4.69) is 4.74 Å². The molecule has 0 aromatic heterocycles. The summed E-state index contributed by atoms with van der Waals surface area (Å²) in [6.45, 7) is 0. The van der Waals surface area contributed by atoms with Crippen LogP contribution in [0.1, 0.15) is 15.9 Å². The molecule has 0 aliphatic carbocycles. The van der Waals surface area contributed by atoms with Crippen LogP contribution in [0.2, 0.25) is 5.02 Å². The Labute approximate surface area is 116 Å². The number of rotatable bonds is 2. The maximum atomic E-state index is 11.3. The summed E-state index contributed by atoms with van der Waals surface area (Å²) in [6.07, 6.45) is 0. The van der Waals surface area contributed by atoms with E-state index in [9.17, 15) is 4.79 Å². The molecular formula is C15H10ClNO2. The Morgan fingerprint density at radius 1 is 1.16 bits per heavy atom. The zero-order valence-corrected chi connectivity index (χ0v) is 10.9. The summed E-state index contributed by atoms with van der Waals surface area (Å²) in [7, 11) is 1.34. The smallest absolute Gasteiger partial charge is 0.337 e. The summed E-state index contributed by atoms with van der Waals surface area (Å²) in [5.41, 5.74) is 2.74. The Morgan fingerprint density at radius 3 is 2.32 bits per heavy atom. The first kappa shape index (κ1) is 13.1. The number of ether oxygens (including phenoxy) is 1. The second-order valence-electron chi connectivity index (χ2n) is 3.88. The van der Waals surface area contributed by atoms with Gasteiger partial charge in [0, 0.05) is 0 Å². The van der Waals surface area contributed by atoms with Crippen molar-refractivity contribution in [3.63, 3.8) is 0 Å². The summed E-state index contributed by atoms with van der Waals surface area (Å²) in [5, 5.41) is 9.23. The fourth-order valence-electron chi connectivity index (χ4n) is 1.70. The summed E-state index contributed by atoms with van der Waals surface area (Å²) in [6, 6.07) is 14.2. The number of hydrogen-bond donors (Lipinski definition) is 0. The monoisotopic (exact) mass is 271 g/mol. The van der Waals surface area contributed by atoms with Gasteiger partial charge in [0.2, 0.25) is 0 Å². The molecule has 3 nitrogen and oxygen atoms in total. The van der Waals surface area contributed by atoms with Crippen molar-refractivity contribution >= 4 is 17.6 Å². The molecule has 0 atom stereocenters. The molecule has 2 aromatic rings. The number of carbonyl (C=O) groups is 1. The largest absolute Gasteiger partial charge is 0.465 e. The molecule has 0 saturated heterocycles. The van der Waals surface area contributed by atoms with Crippen LogP contribution in [-0.4, -0.2) is 13.1 Å². The molecule has 0 spiro atoms. The lowest BCUT2D eigenvalue weighted by Crippen LogP contribution is -2.00. The maximum Gasteiger partial charge on any atom is 0.337 e. The standard InChI is InChI=1S/C15H10ClNO2/c1-19-15(18)11-4-2-10(3-5-11)12-6-7-13(9-17)14(16)8-12/h2-8H,1H3. The average Bonchev–Trinajstić information content (AvgIpc) is 2.46. The van der Waals surface area contributed by atoms with Crippen LogP contribution in [0, 0.1) is 11.3 Å². The fourth-order valence-corrected chi connectivity index (χ4v) is 1.92. The molecule has 0 unspecified atom stereocenters. The van der Waals surface area contributed by atoms with E-state index in [1.54, 1.807) is 24.3 Å². The normalized spacial score (nSPS) is 9.74. The van der Waals surface area contributed by atoms with E-state index >= 15 is 0 Å². The third-order valence-corrected chi connectivity index (χ3v) is 3.04. The van der Waals surface area contributed by atoms with Crippen LogP contribution in [-0.2, 0) is 4.74 Å². The molecule has 94 valence electrons. The van der Waals surface area contributed by atoms with Crippen molar-refractivity contribution < 1.29 is 9.53 Å². The Kier molecular flexibility index (Phi) is 3.84. The predicted molar refractivity (Wildman–Crippen MR) is 72.9 cm³/mol. The number of carbonyl (C=O) groups excluding carboxylic acids is 1. The number of methoxy groups -OCH3 is 1. The van der Waals surface area contributed by atoms with Gasteiger partial charge in [0.25, 0.3) is 0 Å². The Morgan fingerprint density at radius 2 is 1.79 bits per heavy atom. The third-order valence-electron chi connectivity index (χ3n) is 2.73. The van der Waals surface area contributed by atoms with Gasteiger partial charge in [-0.25, -0.2) is 4.79 Å². The summed E-state index contributed by atoms with van der Waals surface area (Å²) < 4.78 is 4.64. The SMILES string of the molecule is COC(=O)c1ccc(-c2ccc(C#N)c(Cl)c2)cc1. The number of nitriles is 1. The molecule has 0 radical (unpaired) electrons. The highest BCUT2D eigenvalue weighted by atomic mass is 35.5. The first-order chi connectivity index (χ1) is 9.15. The van der Waals surface area contributed by atoms with E-state index in [0.717, 1.165) is 11.1 Å². The summed E-state index contributed by atoms with van der Waals surface area (Å²) >= 11 is 5.99. The minimum absolute atomic E-state index is 0.371. The van der Waals surface area contributed by atoms with Gasteiger partial charge in [-0.2, -0.15) is 5.26 Å². The molecule has 4 heteroatoms. The molecule has 0 bridgehead atoms. The van der Waals surface area contributed by atoms with Crippen molar-refractivity contribution in [3.05, 3.63) is 58.6 Å². The average molecular weight is 272 g/mol. The fraction of sp³-hybridized carbons (Fsp3) is 0.0667. The van der Waals surface area contributed by atoms with E-state index < -0.39 is 0 Å². The lowest BCUT2D eigenvalue weighted by Gasteiger charge is -2.05. The second-order valence-corrected chi connectivity index (χ2v) is 4.28. The zero-order chi connectivity index (χ0) is 13.8. The van der Waals surface area contributed by atoms with Crippen LogP contribution >= 0.6 is 11.6 Å². The first-order valence-corrected chi connectivity index (χ1v) is 5.92. The summed E-state index contributed by atoms with van der Waals surface area (Å²) in [5.74, 6) is -0.371. The van der Waals surface area contributed by atoms with E-state index in [1.807, 2.05) is 24.3 Å². The van der Waals surface area contributed by atoms with Crippen molar-refractivity contribution in [2.24, 2.45) is 0 Å². The van der Waals surface area contributed by atoms with Crippen molar-refractivity contribution in [1.29, 1.82) is 5.26 Å². The molecule has 0 aliphatic heterocycles. The van der Waals surface area contributed by atoms with Gasteiger partial charge in [0.1, 0.15) is 6.07 Å². The van der Waals surface area contributed by atoms with E-state index in [4.69, 9.17) is 16.9 Å². The molecule has 19 heavy (non-hydrogen) atoms. The molecule has 0 aliphatic rings. The molecule has 2 rings (SSSR count). The second kappa shape index (κ2) is 5.55. The van der Waals surface area contributed by atoms with Crippen LogP contribution in [0.5, 0.6) is 0 Å². The number of benzene rings is 2. The van der Waals surface area contributed by atoms with E-state index in [1.165, 1.54) is 7.11 Å². The van der Waals surface area contributed by atoms with Gasteiger partial charge >= 0.3 is 5.97 Å². The molecule has 0 fully saturated rings. The van der Waals surface area contributed by atoms with Gasteiger partial charge < -0.3 is 4.74 Å². The Hall–Kier alpha value is -2.31. The van der Waals surface area contributed by atoms with Gasteiger partial charge in [0.15, 0.2) is 0 Å². The molecular weight excluding hydrogens is 262 g/mol. The van der Waals surface area contributed by atoms with Crippen LogP contribution < -0.4 is 0 Å². The van der Waals surface area contributed by atoms with Crippen LogP contribution in [0.4, 0.5) is 0 Å². The van der Waals surface area contributed by atoms with Gasteiger partial charge in [-0.1, -0.05) is 29.8 Å². The lowest BCUT2D eigenvalue weighted by molar-refractivity contribution is 0.0601. The number of hydrogen-bond acceptors (Lipinski definition) is 3. The first-order valence-electron chi connectivity index (χ1n) is 5.54. The van der Waals surface area contributed by atoms with Gasteiger partial charge in [-0.15, -0.1) is 0 Å². The topological polar surface area (TPSA) is 50.1 Å². The quantitative estimate of drug-likeness (QED) is 0.783. The molecule has 0 saturated carbocycles.